The van der Waals surface area contributed by atoms with E-state index in [-0.39, 0.29) is 5.91 Å². The topological polar surface area (TPSA) is 41.1 Å². The SMILES string of the molecule is CC(=O)Nc1ccc(CNC(C)Cc2ccccc2)cc1. The predicted octanol–water partition coefficient (Wildman–Crippen LogP) is 3.37. The molecule has 1 unspecified atom stereocenters. The van der Waals surface area contributed by atoms with Crippen molar-refractivity contribution in [2.24, 2.45) is 0 Å². The molecule has 0 bridgehead atoms. The molecule has 2 aromatic carbocycles. The van der Waals surface area contributed by atoms with Crippen molar-refractivity contribution in [3.8, 4) is 0 Å². The van der Waals surface area contributed by atoms with Gasteiger partial charge in [-0.2, -0.15) is 0 Å². The highest BCUT2D eigenvalue weighted by Crippen LogP contribution is 2.10. The zero-order chi connectivity index (χ0) is 15.1. The predicted molar refractivity (Wildman–Crippen MR) is 87.2 cm³/mol. The first-order valence-electron chi connectivity index (χ1n) is 7.27. The van der Waals surface area contributed by atoms with Crippen LogP contribution in [0.3, 0.4) is 0 Å². The van der Waals surface area contributed by atoms with Crippen LogP contribution in [0.1, 0.15) is 25.0 Å². The van der Waals surface area contributed by atoms with Crippen LogP contribution in [0.15, 0.2) is 54.6 Å². The van der Waals surface area contributed by atoms with Crippen molar-refractivity contribution < 1.29 is 4.79 Å². The highest BCUT2D eigenvalue weighted by atomic mass is 16.1. The number of hydrogen-bond donors (Lipinski definition) is 2. The third-order valence-corrected chi connectivity index (χ3v) is 3.31. The molecule has 0 radical (unpaired) electrons. The maximum absolute atomic E-state index is 11.0. The fourth-order valence-electron chi connectivity index (χ4n) is 2.24. The van der Waals surface area contributed by atoms with Gasteiger partial charge in [-0.1, -0.05) is 42.5 Å². The molecule has 1 atom stereocenters. The molecule has 0 aliphatic carbocycles. The van der Waals surface area contributed by atoms with Gasteiger partial charge in [-0.25, -0.2) is 0 Å². The van der Waals surface area contributed by atoms with Crippen molar-refractivity contribution in [2.75, 3.05) is 5.32 Å². The lowest BCUT2D eigenvalue weighted by Gasteiger charge is -2.14. The van der Waals surface area contributed by atoms with E-state index in [0.717, 1.165) is 18.7 Å². The molecule has 2 aromatic rings. The third kappa shape index (κ3) is 5.40. The van der Waals surface area contributed by atoms with E-state index >= 15 is 0 Å². The summed E-state index contributed by atoms with van der Waals surface area (Å²) in [7, 11) is 0. The van der Waals surface area contributed by atoms with E-state index in [4.69, 9.17) is 0 Å². The fraction of sp³-hybridized carbons (Fsp3) is 0.278. The number of benzene rings is 2. The average Bonchev–Trinajstić information content (AvgIpc) is 2.47. The van der Waals surface area contributed by atoms with Crippen LogP contribution in [0.4, 0.5) is 5.69 Å². The summed E-state index contributed by atoms with van der Waals surface area (Å²) in [6.45, 7) is 4.54. The molecule has 110 valence electrons. The van der Waals surface area contributed by atoms with Gasteiger partial charge in [0.2, 0.25) is 5.91 Å². The van der Waals surface area contributed by atoms with E-state index in [0.29, 0.717) is 6.04 Å². The summed E-state index contributed by atoms with van der Waals surface area (Å²) in [5.41, 5.74) is 3.39. The highest BCUT2D eigenvalue weighted by Gasteiger charge is 2.03. The van der Waals surface area contributed by atoms with Gasteiger partial charge < -0.3 is 10.6 Å². The van der Waals surface area contributed by atoms with Gasteiger partial charge in [0.05, 0.1) is 0 Å². The Morgan fingerprint density at radius 3 is 2.29 bits per heavy atom. The molecule has 0 spiro atoms. The molecular formula is C18H22N2O. The number of carbonyl (C=O) groups is 1. The second-order valence-corrected chi connectivity index (χ2v) is 5.35. The van der Waals surface area contributed by atoms with Crippen LogP contribution in [-0.2, 0) is 17.8 Å². The molecule has 3 nitrogen and oxygen atoms in total. The summed E-state index contributed by atoms with van der Waals surface area (Å²) >= 11 is 0. The molecule has 21 heavy (non-hydrogen) atoms. The monoisotopic (exact) mass is 282 g/mol. The fourth-order valence-corrected chi connectivity index (χ4v) is 2.24. The highest BCUT2D eigenvalue weighted by molar-refractivity contribution is 5.88. The van der Waals surface area contributed by atoms with E-state index in [9.17, 15) is 4.79 Å². The minimum atomic E-state index is -0.0441. The number of hydrogen-bond acceptors (Lipinski definition) is 2. The average molecular weight is 282 g/mol. The van der Waals surface area contributed by atoms with Crippen LogP contribution >= 0.6 is 0 Å². The Hall–Kier alpha value is -2.13. The van der Waals surface area contributed by atoms with Gasteiger partial charge in [-0.05, 0) is 36.6 Å². The summed E-state index contributed by atoms with van der Waals surface area (Å²) in [6, 6.07) is 18.8. The Bertz CT molecular complexity index is 564. The van der Waals surface area contributed by atoms with Gasteiger partial charge in [-0.3, -0.25) is 4.79 Å². The van der Waals surface area contributed by atoms with Gasteiger partial charge in [0, 0.05) is 25.2 Å². The third-order valence-electron chi connectivity index (χ3n) is 3.31. The molecule has 0 heterocycles. The Morgan fingerprint density at radius 1 is 1.00 bits per heavy atom. The zero-order valence-electron chi connectivity index (χ0n) is 12.6. The Balaban J connectivity index is 1.81. The Kier molecular flexibility index (Phi) is 5.52. The van der Waals surface area contributed by atoms with Crippen LogP contribution in [-0.4, -0.2) is 11.9 Å². The van der Waals surface area contributed by atoms with E-state index in [1.54, 1.807) is 0 Å². The van der Waals surface area contributed by atoms with Crippen LogP contribution in [0.5, 0.6) is 0 Å². The van der Waals surface area contributed by atoms with Crippen molar-refractivity contribution in [1.82, 2.24) is 5.32 Å². The number of nitrogens with one attached hydrogen (secondary N) is 2. The van der Waals surface area contributed by atoms with Crippen LogP contribution in [0.2, 0.25) is 0 Å². The smallest absolute Gasteiger partial charge is 0.221 e. The van der Waals surface area contributed by atoms with Gasteiger partial charge >= 0.3 is 0 Å². The van der Waals surface area contributed by atoms with E-state index < -0.39 is 0 Å². The lowest BCUT2D eigenvalue weighted by atomic mass is 10.1. The first-order chi connectivity index (χ1) is 10.1. The van der Waals surface area contributed by atoms with E-state index in [2.05, 4.69) is 41.8 Å². The maximum Gasteiger partial charge on any atom is 0.221 e. The Labute approximate surface area is 126 Å². The standard InChI is InChI=1S/C18H22N2O/c1-14(12-16-6-4-3-5-7-16)19-13-17-8-10-18(11-9-17)20-15(2)21/h3-11,14,19H,12-13H2,1-2H3,(H,20,21). The normalized spacial score (nSPS) is 11.9. The summed E-state index contributed by atoms with van der Waals surface area (Å²) in [5, 5.41) is 6.29. The van der Waals surface area contributed by atoms with E-state index in [1.165, 1.54) is 18.1 Å². The lowest BCUT2D eigenvalue weighted by Crippen LogP contribution is -2.27. The first kappa shape index (κ1) is 15.3. The van der Waals surface area contributed by atoms with Crippen molar-refractivity contribution in [3.63, 3.8) is 0 Å². The molecule has 0 saturated carbocycles. The quantitative estimate of drug-likeness (QED) is 0.853. The summed E-state index contributed by atoms with van der Waals surface area (Å²) in [4.78, 5) is 11.0. The largest absolute Gasteiger partial charge is 0.326 e. The zero-order valence-corrected chi connectivity index (χ0v) is 12.6. The van der Waals surface area contributed by atoms with E-state index in [1.807, 2.05) is 30.3 Å². The second-order valence-electron chi connectivity index (χ2n) is 5.35. The molecule has 0 aromatic heterocycles. The Morgan fingerprint density at radius 2 is 1.67 bits per heavy atom. The molecule has 1 amide bonds. The molecule has 2 rings (SSSR count). The van der Waals surface area contributed by atoms with Gasteiger partial charge in [0.25, 0.3) is 0 Å². The van der Waals surface area contributed by atoms with Crippen molar-refractivity contribution >= 4 is 11.6 Å². The van der Waals surface area contributed by atoms with Gasteiger partial charge in [0.1, 0.15) is 0 Å². The summed E-state index contributed by atoms with van der Waals surface area (Å²) in [6.07, 6.45) is 1.02. The van der Waals surface area contributed by atoms with Gasteiger partial charge in [-0.15, -0.1) is 0 Å². The summed E-state index contributed by atoms with van der Waals surface area (Å²) in [5.74, 6) is -0.0441. The molecule has 0 aliphatic heterocycles. The van der Waals surface area contributed by atoms with Crippen molar-refractivity contribution in [3.05, 3.63) is 65.7 Å². The molecule has 3 heteroatoms. The minimum Gasteiger partial charge on any atom is -0.326 e. The van der Waals surface area contributed by atoms with Crippen LogP contribution in [0.25, 0.3) is 0 Å². The molecule has 0 fully saturated rings. The number of carbonyl (C=O) groups excluding carboxylic acids is 1. The number of amides is 1. The van der Waals surface area contributed by atoms with Crippen LogP contribution in [0, 0.1) is 0 Å². The van der Waals surface area contributed by atoms with Crippen molar-refractivity contribution in [2.45, 2.75) is 32.9 Å². The number of anilines is 1. The van der Waals surface area contributed by atoms with Crippen LogP contribution < -0.4 is 10.6 Å². The van der Waals surface area contributed by atoms with Gasteiger partial charge in [0.15, 0.2) is 0 Å². The number of rotatable bonds is 6. The lowest BCUT2D eigenvalue weighted by molar-refractivity contribution is -0.114. The molecule has 0 aliphatic rings. The maximum atomic E-state index is 11.0. The first-order valence-corrected chi connectivity index (χ1v) is 7.27. The molecule has 0 saturated heterocycles. The van der Waals surface area contributed by atoms with Crippen molar-refractivity contribution in [1.29, 1.82) is 0 Å². The molecular weight excluding hydrogens is 260 g/mol. The minimum absolute atomic E-state index is 0.0441. The second kappa shape index (κ2) is 7.60. The molecule has 2 N–H and O–H groups in total. The summed E-state index contributed by atoms with van der Waals surface area (Å²) < 4.78 is 0.